The minimum atomic E-state index is -0.167. The number of likely N-dealkylation sites (tertiary alicyclic amines) is 1. The number of aromatic nitrogens is 3. The Morgan fingerprint density at radius 2 is 2.07 bits per heavy atom. The lowest BCUT2D eigenvalue weighted by Crippen LogP contribution is -2.35. The Morgan fingerprint density at radius 3 is 2.79 bits per heavy atom. The lowest BCUT2D eigenvalue weighted by atomic mass is 10.1. The molecule has 150 valence electrons. The summed E-state index contributed by atoms with van der Waals surface area (Å²) in [7, 11) is 1.69. The fraction of sp³-hybridized carbons (Fsp3) is 0.476. The van der Waals surface area contributed by atoms with Crippen molar-refractivity contribution in [1.29, 1.82) is 0 Å². The molecule has 7 nitrogen and oxygen atoms in total. The van der Waals surface area contributed by atoms with Crippen LogP contribution in [0.5, 0.6) is 5.75 Å². The summed E-state index contributed by atoms with van der Waals surface area (Å²) >= 11 is 0. The molecule has 0 bridgehead atoms. The van der Waals surface area contributed by atoms with Crippen LogP contribution in [0.15, 0.2) is 36.5 Å². The third kappa shape index (κ3) is 5.19. The highest BCUT2D eigenvalue weighted by molar-refractivity contribution is 5.91. The van der Waals surface area contributed by atoms with Crippen LogP contribution in [0, 0.1) is 0 Å². The first kappa shape index (κ1) is 20.1. The molecule has 1 N–H and O–H groups in total. The number of hydrogen-bond acceptors (Lipinski definition) is 5. The molecule has 0 unspecified atom stereocenters. The Morgan fingerprint density at radius 1 is 1.32 bits per heavy atom. The zero-order valence-corrected chi connectivity index (χ0v) is 16.8. The molecule has 0 saturated carbocycles. The maximum atomic E-state index is 12.0. The molecule has 1 aromatic heterocycles. The molecule has 1 fully saturated rings. The van der Waals surface area contributed by atoms with Crippen molar-refractivity contribution in [2.24, 2.45) is 0 Å². The number of piperidine rings is 1. The summed E-state index contributed by atoms with van der Waals surface area (Å²) in [5.74, 6) is 0.723. The zero-order chi connectivity index (χ0) is 19.9. The Labute approximate surface area is 166 Å². The molecule has 1 saturated heterocycles. The summed E-state index contributed by atoms with van der Waals surface area (Å²) in [5.41, 5.74) is 1.48. The molecule has 0 aliphatic carbocycles. The average Bonchev–Trinajstić information content (AvgIpc) is 3.19. The van der Waals surface area contributed by atoms with Crippen molar-refractivity contribution in [3.8, 4) is 5.75 Å². The number of methoxy groups -OCH3 is 1. The van der Waals surface area contributed by atoms with E-state index >= 15 is 0 Å². The summed E-state index contributed by atoms with van der Waals surface area (Å²) in [6.45, 7) is 6.76. The van der Waals surface area contributed by atoms with Gasteiger partial charge < -0.3 is 10.1 Å². The Balaban J connectivity index is 1.49. The van der Waals surface area contributed by atoms with Gasteiger partial charge >= 0.3 is 0 Å². The van der Waals surface area contributed by atoms with E-state index in [4.69, 9.17) is 4.74 Å². The second kappa shape index (κ2) is 9.50. The van der Waals surface area contributed by atoms with Crippen molar-refractivity contribution >= 4 is 12.0 Å². The van der Waals surface area contributed by atoms with Crippen LogP contribution in [0.3, 0.4) is 0 Å². The van der Waals surface area contributed by atoms with Gasteiger partial charge in [-0.25, -0.2) is 4.68 Å². The number of para-hydroxylation sites is 1. The molecule has 1 aliphatic heterocycles. The highest BCUT2D eigenvalue weighted by Crippen LogP contribution is 2.22. The van der Waals surface area contributed by atoms with Crippen LogP contribution in [0.2, 0.25) is 0 Å². The molecule has 1 amide bonds. The third-order valence-electron chi connectivity index (χ3n) is 4.89. The van der Waals surface area contributed by atoms with Gasteiger partial charge in [0.1, 0.15) is 5.75 Å². The van der Waals surface area contributed by atoms with Gasteiger partial charge in [-0.2, -0.15) is 0 Å². The lowest BCUT2D eigenvalue weighted by Gasteiger charge is -2.30. The largest absolute Gasteiger partial charge is 0.496 e. The van der Waals surface area contributed by atoms with Crippen LogP contribution in [0.25, 0.3) is 6.08 Å². The number of rotatable bonds is 7. The van der Waals surface area contributed by atoms with Gasteiger partial charge in [0.05, 0.1) is 19.3 Å². The average molecular weight is 383 g/mol. The van der Waals surface area contributed by atoms with E-state index in [2.05, 4.69) is 38.7 Å². The van der Waals surface area contributed by atoms with E-state index in [-0.39, 0.29) is 11.9 Å². The molecule has 2 heterocycles. The van der Waals surface area contributed by atoms with Gasteiger partial charge in [0.25, 0.3) is 5.91 Å². The number of benzene rings is 1. The van der Waals surface area contributed by atoms with Gasteiger partial charge in [0.15, 0.2) is 5.69 Å². The van der Waals surface area contributed by atoms with E-state index in [1.165, 1.54) is 0 Å². The molecule has 2 aromatic rings. The molecule has 0 spiro atoms. The molecule has 0 atom stereocenters. The van der Waals surface area contributed by atoms with E-state index in [1.54, 1.807) is 13.3 Å². The van der Waals surface area contributed by atoms with Crippen molar-refractivity contribution < 1.29 is 9.53 Å². The smallest absolute Gasteiger partial charge is 0.273 e. The summed E-state index contributed by atoms with van der Waals surface area (Å²) in [6, 6.07) is 8.40. The first-order chi connectivity index (χ1) is 13.6. The summed E-state index contributed by atoms with van der Waals surface area (Å²) in [4.78, 5) is 14.5. The van der Waals surface area contributed by atoms with E-state index in [0.717, 1.165) is 43.8 Å². The molecule has 3 rings (SSSR count). The van der Waals surface area contributed by atoms with Gasteiger partial charge in [-0.3, -0.25) is 9.69 Å². The monoisotopic (exact) mass is 383 g/mol. The van der Waals surface area contributed by atoms with Gasteiger partial charge in [-0.1, -0.05) is 35.6 Å². The van der Waals surface area contributed by atoms with Gasteiger partial charge in [0, 0.05) is 31.2 Å². The minimum absolute atomic E-state index is 0.0878. The first-order valence-corrected chi connectivity index (χ1v) is 9.81. The van der Waals surface area contributed by atoms with Crippen molar-refractivity contribution in [1.82, 2.24) is 25.2 Å². The van der Waals surface area contributed by atoms with Crippen molar-refractivity contribution in [3.05, 3.63) is 47.8 Å². The lowest BCUT2D eigenvalue weighted by molar-refractivity contribution is 0.0938. The van der Waals surface area contributed by atoms with Crippen LogP contribution in [-0.2, 0) is 0 Å². The number of carbonyl (C=O) groups is 1. The molecular formula is C21H29N5O2. The van der Waals surface area contributed by atoms with E-state index in [0.29, 0.717) is 11.7 Å². The number of nitrogens with zero attached hydrogens (tertiary/aromatic N) is 4. The predicted octanol–water partition coefficient (Wildman–Crippen LogP) is 2.78. The quantitative estimate of drug-likeness (QED) is 0.796. The number of nitrogens with one attached hydrogen (secondary N) is 1. The number of carbonyl (C=O) groups excluding carboxylic acids is 1. The molecule has 0 radical (unpaired) electrons. The van der Waals surface area contributed by atoms with Crippen LogP contribution >= 0.6 is 0 Å². The van der Waals surface area contributed by atoms with E-state index in [9.17, 15) is 4.79 Å². The second-order valence-corrected chi connectivity index (χ2v) is 7.39. The van der Waals surface area contributed by atoms with Gasteiger partial charge in [-0.15, -0.1) is 5.10 Å². The highest BCUT2D eigenvalue weighted by atomic mass is 16.5. The summed E-state index contributed by atoms with van der Waals surface area (Å²) in [5, 5.41) is 11.0. The third-order valence-corrected chi connectivity index (χ3v) is 4.89. The Hall–Kier alpha value is -2.67. The molecule has 28 heavy (non-hydrogen) atoms. The second-order valence-electron chi connectivity index (χ2n) is 7.39. The molecule has 7 heteroatoms. The van der Waals surface area contributed by atoms with Crippen LogP contribution in [0.4, 0.5) is 0 Å². The number of hydrogen-bond donors (Lipinski definition) is 1. The maximum absolute atomic E-state index is 12.0. The molecular weight excluding hydrogens is 354 g/mol. The predicted molar refractivity (Wildman–Crippen MR) is 109 cm³/mol. The number of ether oxygens (including phenoxy) is 1. The van der Waals surface area contributed by atoms with E-state index in [1.807, 2.05) is 36.7 Å². The Bertz CT molecular complexity index is 807. The van der Waals surface area contributed by atoms with Crippen LogP contribution in [-0.4, -0.2) is 58.6 Å². The van der Waals surface area contributed by atoms with Crippen LogP contribution in [0.1, 0.15) is 48.8 Å². The van der Waals surface area contributed by atoms with Gasteiger partial charge in [0.2, 0.25) is 0 Å². The van der Waals surface area contributed by atoms with Gasteiger partial charge in [-0.05, 0) is 32.8 Å². The molecule has 1 aromatic carbocycles. The zero-order valence-electron chi connectivity index (χ0n) is 16.8. The topological polar surface area (TPSA) is 72.3 Å². The van der Waals surface area contributed by atoms with E-state index < -0.39 is 0 Å². The maximum Gasteiger partial charge on any atom is 0.273 e. The Kier molecular flexibility index (Phi) is 6.81. The van der Waals surface area contributed by atoms with Crippen molar-refractivity contribution in [2.45, 2.75) is 38.8 Å². The first-order valence-electron chi connectivity index (χ1n) is 9.81. The summed E-state index contributed by atoms with van der Waals surface area (Å²) in [6.07, 6.45) is 8.05. The minimum Gasteiger partial charge on any atom is -0.496 e. The van der Waals surface area contributed by atoms with Crippen molar-refractivity contribution in [3.63, 3.8) is 0 Å². The fourth-order valence-electron chi connectivity index (χ4n) is 3.39. The molecule has 1 aliphatic rings. The SMILES string of the molecule is COc1ccccc1C=CCN1CCC(n2cc(C(=O)NC(C)C)nn2)CC1. The van der Waals surface area contributed by atoms with Crippen LogP contribution < -0.4 is 10.1 Å². The standard InChI is InChI=1S/C21H29N5O2/c1-16(2)22-21(27)19-15-26(24-23-19)18-10-13-25(14-11-18)12-6-8-17-7-4-5-9-20(17)28-3/h4-9,15-16,18H,10-14H2,1-3H3,(H,22,27). The fourth-order valence-corrected chi connectivity index (χ4v) is 3.39. The highest BCUT2D eigenvalue weighted by Gasteiger charge is 2.22. The normalized spacial score (nSPS) is 16.0. The van der Waals surface area contributed by atoms with Crippen molar-refractivity contribution in [2.75, 3.05) is 26.7 Å². The number of amides is 1. The summed E-state index contributed by atoms with van der Waals surface area (Å²) < 4.78 is 7.23.